The molecule has 0 saturated carbocycles. The number of piperidine rings is 1. The lowest BCUT2D eigenvalue weighted by Gasteiger charge is -2.29. The molecule has 1 aliphatic rings. The van der Waals surface area contributed by atoms with Crippen LogP contribution in [0.15, 0.2) is 10.9 Å². The maximum atomic E-state index is 11.8. The summed E-state index contributed by atoms with van der Waals surface area (Å²) in [5.74, 6) is -0.279. The largest absolute Gasteiger partial charge is 0.503 e. The smallest absolute Gasteiger partial charge is 0.223 e. The molecule has 1 aliphatic heterocycles. The van der Waals surface area contributed by atoms with Crippen molar-refractivity contribution in [3.05, 3.63) is 27.7 Å². The van der Waals surface area contributed by atoms with E-state index in [1.165, 1.54) is 12.5 Å². The lowest BCUT2D eigenvalue weighted by atomic mass is 10.1. The van der Waals surface area contributed by atoms with E-state index in [4.69, 9.17) is 0 Å². The molecular weight excluding hydrogens is 272 g/mol. The number of likely N-dealkylation sites (tertiary alicyclic amines) is 1. The molecule has 1 aromatic heterocycles. The monoisotopic (exact) mass is 296 g/mol. The minimum Gasteiger partial charge on any atom is -0.503 e. The van der Waals surface area contributed by atoms with Gasteiger partial charge in [-0.3, -0.25) is 9.69 Å². The van der Waals surface area contributed by atoms with E-state index in [9.17, 15) is 20.1 Å². The van der Waals surface area contributed by atoms with Gasteiger partial charge in [0.25, 0.3) is 0 Å². The first kappa shape index (κ1) is 16.0. The number of nitrogens with zero attached hydrogens (tertiary/aromatic N) is 2. The molecule has 1 saturated heterocycles. The van der Waals surface area contributed by atoms with Crippen molar-refractivity contribution in [3.8, 4) is 5.75 Å². The molecule has 21 heavy (non-hydrogen) atoms. The van der Waals surface area contributed by atoms with Crippen LogP contribution in [0, 0.1) is 0 Å². The minimum absolute atomic E-state index is 0.243. The SMILES string of the molecule is CC(O)Cn1c(CO)cc(=O)c(O)c1CN1CCCCC1. The molecule has 118 valence electrons. The second-order valence-corrected chi connectivity index (χ2v) is 5.75. The molecule has 0 aliphatic carbocycles. The summed E-state index contributed by atoms with van der Waals surface area (Å²) in [6.07, 6.45) is 2.80. The molecule has 0 bridgehead atoms. The number of aliphatic hydroxyl groups excluding tert-OH is 2. The predicted molar refractivity (Wildman–Crippen MR) is 79.1 cm³/mol. The van der Waals surface area contributed by atoms with E-state index in [0.29, 0.717) is 17.9 Å². The van der Waals surface area contributed by atoms with Crippen LogP contribution in [0.25, 0.3) is 0 Å². The fraction of sp³-hybridized carbons (Fsp3) is 0.667. The van der Waals surface area contributed by atoms with Gasteiger partial charge < -0.3 is 19.9 Å². The third-order valence-electron chi connectivity index (χ3n) is 3.91. The van der Waals surface area contributed by atoms with E-state index >= 15 is 0 Å². The highest BCUT2D eigenvalue weighted by Gasteiger charge is 2.19. The Kier molecular flexibility index (Phi) is 5.39. The highest BCUT2D eigenvalue weighted by Crippen LogP contribution is 2.20. The van der Waals surface area contributed by atoms with E-state index < -0.39 is 11.5 Å². The second-order valence-electron chi connectivity index (χ2n) is 5.75. The second kappa shape index (κ2) is 7.06. The fourth-order valence-electron chi connectivity index (χ4n) is 2.85. The van der Waals surface area contributed by atoms with E-state index in [0.717, 1.165) is 25.9 Å². The van der Waals surface area contributed by atoms with Gasteiger partial charge in [-0.05, 0) is 32.9 Å². The van der Waals surface area contributed by atoms with Crippen LogP contribution in [-0.4, -0.2) is 44.0 Å². The Morgan fingerprint density at radius 1 is 1.29 bits per heavy atom. The first-order valence-corrected chi connectivity index (χ1v) is 7.48. The molecule has 6 heteroatoms. The zero-order valence-electron chi connectivity index (χ0n) is 12.5. The Labute approximate surface area is 124 Å². The van der Waals surface area contributed by atoms with Crippen LogP contribution in [0.5, 0.6) is 5.75 Å². The Balaban J connectivity index is 2.39. The maximum absolute atomic E-state index is 11.8. The van der Waals surface area contributed by atoms with Crippen molar-refractivity contribution in [2.45, 2.75) is 52.0 Å². The lowest BCUT2D eigenvalue weighted by Crippen LogP contribution is -2.32. The molecule has 1 unspecified atom stereocenters. The van der Waals surface area contributed by atoms with Crippen molar-refractivity contribution in [1.29, 1.82) is 0 Å². The van der Waals surface area contributed by atoms with Crippen molar-refractivity contribution in [2.75, 3.05) is 13.1 Å². The van der Waals surface area contributed by atoms with Gasteiger partial charge in [-0.15, -0.1) is 0 Å². The normalized spacial score (nSPS) is 17.9. The molecule has 0 aromatic carbocycles. The first-order valence-electron chi connectivity index (χ1n) is 7.48. The molecule has 0 spiro atoms. The third kappa shape index (κ3) is 3.84. The van der Waals surface area contributed by atoms with Gasteiger partial charge in [-0.1, -0.05) is 6.42 Å². The van der Waals surface area contributed by atoms with Crippen molar-refractivity contribution in [1.82, 2.24) is 9.47 Å². The molecule has 1 aromatic rings. The summed E-state index contributed by atoms with van der Waals surface area (Å²) in [5.41, 5.74) is 0.424. The van der Waals surface area contributed by atoms with Gasteiger partial charge >= 0.3 is 0 Å². The molecule has 0 amide bonds. The number of aromatic nitrogens is 1. The molecular formula is C15H24N2O4. The topological polar surface area (TPSA) is 85.9 Å². The lowest BCUT2D eigenvalue weighted by molar-refractivity contribution is 0.160. The number of aromatic hydroxyl groups is 1. The molecule has 0 radical (unpaired) electrons. The fourth-order valence-corrected chi connectivity index (χ4v) is 2.85. The summed E-state index contributed by atoms with van der Waals surface area (Å²) in [4.78, 5) is 14.0. The summed E-state index contributed by atoms with van der Waals surface area (Å²) in [6, 6.07) is 1.23. The Morgan fingerprint density at radius 3 is 2.52 bits per heavy atom. The van der Waals surface area contributed by atoms with Gasteiger partial charge in [0.2, 0.25) is 5.43 Å². The summed E-state index contributed by atoms with van der Waals surface area (Å²) < 4.78 is 1.66. The Bertz CT molecular complexity index is 533. The van der Waals surface area contributed by atoms with E-state index in [1.807, 2.05) is 0 Å². The minimum atomic E-state index is -0.627. The van der Waals surface area contributed by atoms with E-state index in [1.54, 1.807) is 11.5 Å². The van der Waals surface area contributed by atoms with Crippen LogP contribution in [0.1, 0.15) is 37.6 Å². The molecule has 6 nitrogen and oxygen atoms in total. The quantitative estimate of drug-likeness (QED) is 0.733. The Hall–Kier alpha value is -1.37. The van der Waals surface area contributed by atoms with Crippen molar-refractivity contribution in [2.24, 2.45) is 0 Å². The van der Waals surface area contributed by atoms with Crippen LogP contribution in [-0.2, 0) is 19.7 Å². The molecule has 1 fully saturated rings. The highest BCUT2D eigenvalue weighted by molar-refractivity contribution is 5.30. The molecule has 1 atom stereocenters. The van der Waals surface area contributed by atoms with Gasteiger partial charge in [0.05, 0.1) is 18.4 Å². The number of hydrogen-bond acceptors (Lipinski definition) is 5. The molecule has 2 rings (SSSR count). The predicted octanol–water partition coefficient (Wildman–Crippen LogP) is 0.413. The first-order chi connectivity index (χ1) is 10.0. The standard InChI is InChI=1S/C15H24N2O4/c1-11(19)8-17-12(10-18)7-14(20)15(21)13(17)9-16-5-3-2-4-6-16/h7,11,18-19,21H,2-6,8-10H2,1H3. The number of rotatable bonds is 5. The third-order valence-corrected chi connectivity index (χ3v) is 3.91. The van der Waals surface area contributed by atoms with E-state index in [2.05, 4.69) is 4.90 Å². The van der Waals surface area contributed by atoms with E-state index in [-0.39, 0.29) is 18.9 Å². The summed E-state index contributed by atoms with van der Waals surface area (Å²) in [7, 11) is 0. The number of aliphatic hydroxyl groups is 2. The number of hydrogen-bond donors (Lipinski definition) is 3. The van der Waals surface area contributed by atoms with Crippen LogP contribution >= 0.6 is 0 Å². The van der Waals surface area contributed by atoms with Gasteiger partial charge in [0, 0.05) is 24.8 Å². The Morgan fingerprint density at radius 2 is 1.95 bits per heavy atom. The van der Waals surface area contributed by atoms with Gasteiger partial charge in [-0.25, -0.2) is 0 Å². The molecule has 3 N–H and O–H groups in total. The molecule has 2 heterocycles. The zero-order chi connectivity index (χ0) is 15.4. The average Bonchev–Trinajstić information content (AvgIpc) is 2.47. The van der Waals surface area contributed by atoms with Gasteiger partial charge in [0.1, 0.15) is 0 Å². The van der Waals surface area contributed by atoms with Crippen LogP contribution < -0.4 is 5.43 Å². The highest BCUT2D eigenvalue weighted by atomic mass is 16.3. The van der Waals surface area contributed by atoms with Crippen molar-refractivity contribution < 1.29 is 15.3 Å². The summed E-state index contributed by atoms with van der Waals surface area (Å²) >= 11 is 0. The van der Waals surface area contributed by atoms with Gasteiger partial charge in [0.15, 0.2) is 5.75 Å². The maximum Gasteiger partial charge on any atom is 0.223 e. The van der Waals surface area contributed by atoms with Crippen molar-refractivity contribution in [3.63, 3.8) is 0 Å². The van der Waals surface area contributed by atoms with Gasteiger partial charge in [-0.2, -0.15) is 0 Å². The number of pyridine rings is 1. The van der Waals surface area contributed by atoms with Crippen LogP contribution in [0.3, 0.4) is 0 Å². The van der Waals surface area contributed by atoms with Crippen molar-refractivity contribution >= 4 is 0 Å². The summed E-state index contributed by atoms with van der Waals surface area (Å²) in [6.45, 7) is 3.92. The zero-order valence-corrected chi connectivity index (χ0v) is 12.5. The average molecular weight is 296 g/mol. The summed E-state index contributed by atoms with van der Waals surface area (Å²) in [5, 5.41) is 29.2. The van der Waals surface area contributed by atoms with Crippen LogP contribution in [0.2, 0.25) is 0 Å². The van der Waals surface area contributed by atoms with Crippen LogP contribution in [0.4, 0.5) is 0 Å².